The fourth-order valence-electron chi connectivity index (χ4n) is 1.57. The maximum atomic E-state index is 11.8. The minimum atomic E-state index is 0.0429. The van der Waals surface area contributed by atoms with E-state index in [1.807, 2.05) is 47.9 Å². The molecule has 0 bridgehead atoms. The monoisotopic (exact) mass is 272 g/mol. The van der Waals surface area contributed by atoms with Gasteiger partial charge in [-0.15, -0.1) is 11.3 Å². The summed E-state index contributed by atoms with van der Waals surface area (Å²) in [6, 6.07) is 11.5. The second-order valence-corrected chi connectivity index (χ2v) is 5.04. The fourth-order valence-corrected chi connectivity index (χ4v) is 2.21. The molecule has 1 aromatic carbocycles. The molecule has 0 amide bonds. The maximum absolute atomic E-state index is 11.8. The highest BCUT2D eigenvalue weighted by Crippen LogP contribution is 2.15. The molecule has 0 aliphatic rings. The topological polar surface area (TPSA) is 26.3 Å². The van der Waals surface area contributed by atoms with Gasteiger partial charge in [-0.05, 0) is 41.6 Å². The zero-order valence-corrected chi connectivity index (χ0v) is 11.7. The third-order valence-corrected chi connectivity index (χ3v) is 3.43. The van der Waals surface area contributed by atoms with Gasteiger partial charge in [-0.25, -0.2) is 0 Å². The molecule has 0 N–H and O–H groups in total. The van der Waals surface area contributed by atoms with Crippen LogP contribution in [0.3, 0.4) is 0 Å². The number of carbonyl (C=O) groups is 1. The number of ether oxygens (including phenoxy) is 1. The Morgan fingerprint density at radius 3 is 2.68 bits per heavy atom. The molecule has 2 rings (SSSR count). The summed E-state index contributed by atoms with van der Waals surface area (Å²) in [5.41, 5.74) is 0.994. The maximum Gasteiger partial charge on any atom is 0.195 e. The van der Waals surface area contributed by atoms with Crippen molar-refractivity contribution in [2.45, 2.75) is 13.3 Å². The average Bonchev–Trinajstić information content (AvgIpc) is 2.98. The first kappa shape index (κ1) is 13.6. The lowest BCUT2D eigenvalue weighted by molar-refractivity contribution is 0.105. The molecule has 2 aromatic rings. The first-order chi connectivity index (χ1) is 9.29. The minimum Gasteiger partial charge on any atom is -0.494 e. The first-order valence-electron chi connectivity index (χ1n) is 6.28. The summed E-state index contributed by atoms with van der Waals surface area (Å²) in [5.74, 6) is 0.907. The molecule has 1 aromatic heterocycles. The second-order valence-electron chi connectivity index (χ2n) is 4.09. The van der Waals surface area contributed by atoms with Crippen LogP contribution in [0.1, 0.15) is 28.6 Å². The van der Waals surface area contributed by atoms with E-state index in [1.54, 1.807) is 6.08 Å². The summed E-state index contributed by atoms with van der Waals surface area (Å²) in [6.45, 7) is 2.80. The van der Waals surface area contributed by atoms with E-state index < -0.39 is 0 Å². The lowest BCUT2D eigenvalue weighted by Crippen LogP contribution is -1.94. The van der Waals surface area contributed by atoms with Crippen molar-refractivity contribution in [3.63, 3.8) is 0 Å². The Labute approximate surface area is 117 Å². The number of benzene rings is 1. The van der Waals surface area contributed by atoms with Crippen molar-refractivity contribution in [1.82, 2.24) is 0 Å². The molecule has 0 saturated carbocycles. The normalized spacial score (nSPS) is 10.8. The first-order valence-corrected chi connectivity index (χ1v) is 7.16. The molecular weight excluding hydrogens is 256 g/mol. The second kappa shape index (κ2) is 6.90. The van der Waals surface area contributed by atoms with E-state index in [9.17, 15) is 4.79 Å². The van der Waals surface area contributed by atoms with E-state index >= 15 is 0 Å². The van der Waals surface area contributed by atoms with Crippen molar-refractivity contribution < 1.29 is 9.53 Å². The Bertz CT molecular complexity index is 539. The Kier molecular flexibility index (Phi) is 4.93. The predicted octanol–water partition coefficient (Wildman–Crippen LogP) is 4.43. The molecule has 98 valence electrons. The average molecular weight is 272 g/mol. The highest BCUT2D eigenvalue weighted by molar-refractivity contribution is 7.12. The van der Waals surface area contributed by atoms with E-state index in [4.69, 9.17) is 4.74 Å². The number of hydrogen-bond donors (Lipinski definition) is 0. The number of ketones is 1. The standard InChI is InChI=1S/C16H16O2S/c1-2-11-18-14-8-5-13(6-9-14)7-10-15(17)16-4-3-12-19-16/h3-10,12H,2,11H2,1H3/b10-7+. The van der Waals surface area contributed by atoms with Gasteiger partial charge in [0.05, 0.1) is 11.5 Å². The number of thiophene rings is 1. The lowest BCUT2D eigenvalue weighted by atomic mass is 10.2. The van der Waals surface area contributed by atoms with Gasteiger partial charge in [0.25, 0.3) is 0 Å². The van der Waals surface area contributed by atoms with Crippen LogP contribution in [0.15, 0.2) is 47.9 Å². The Hall–Kier alpha value is -1.87. The van der Waals surface area contributed by atoms with E-state index in [-0.39, 0.29) is 5.78 Å². The van der Waals surface area contributed by atoms with Crippen molar-refractivity contribution in [3.8, 4) is 5.75 Å². The highest BCUT2D eigenvalue weighted by atomic mass is 32.1. The van der Waals surface area contributed by atoms with Gasteiger partial charge >= 0.3 is 0 Å². The zero-order chi connectivity index (χ0) is 13.5. The summed E-state index contributed by atoms with van der Waals surface area (Å²) >= 11 is 1.46. The number of hydrogen-bond acceptors (Lipinski definition) is 3. The zero-order valence-electron chi connectivity index (χ0n) is 10.8. The lowest BCUT2D eigenvalue weighted by Gasteiger charge is -2.03. The number of carbonyl (C=O) groups excluding carboxylic acids is 1. The van der Waals surface area contributed by atoms with Gasteiger partial charge < -0.3 is 4.74 Å². The summed E-state index contributed by atoms with van der Waals surface area (Å²) in [6.07, 6.45) is 4.43. The van der Waals surface area contributed by atoms with Gasteiger partial charge in [0.1, 0.15) is 5.75 Å². The van der Waals surface area contributed by atoms with Crippen molar-refractivity contribution >= 4 is 23.2 Å². The molecule has 3 heteroatoms. The summed E-state index contributed by atoms with van der Waals surface area (Å²) < 4.78 is 5.51. The molecular formula is C16H16O2S. The van der Waals surface area contributed by atoms with Crippen LogP contribution in [0.5, 0.6) is 5.75 Å². The minimum absolute atomic E-state index is 0.0429. The molecule has 0 atom stereocenters. The van der Waals surface area contributed by atoms with Crippen LogP contribution >= 0.6 is 11.3 Å². The van der Waals surface area contributed by atoms with E-state index in [1.165, 1.54) is 11.3 Å². The Morgan fingerprint density at radius 2 is 2.05 bits per heavy atom. The van der Waals surface area contributed by atoms with Crippen LogP contribution in [0, 0.1) is 0 Å². The molecule has 19 heavy (non-hydrogen) atoms. The molecule has 0 saturated heterocycles. The summed E-state index contributed by atoms with van der Waals surface area (Å²) in [5, 5.41) is 1.90. The molecule has 0 aliphatic heterocycles. The third-order valence-electron chi connectivity index (χ3n) is 2.54. The number of rotatable bonds is 6. The fraction of sp³-hybridized carbons (Fsp3) is 0.188. The summed E-state index contributed by atoms with van der Waals surface area (Å²) in [7, 11) is 0. The van der Waals surface area contributed by atoms with Gasteiger partial charge in [0.15, 0.2) is 5.78 Å². The van der Waals surface area contributed by atoms with Gasteiger partial charge in [0, 0.05) is 0 Å². The van der Waals surface area contributed by atoms with Gasteiger partial charge in [0.2, 0.25) is 0 Å². The molecule has 0 radical (unpaired) electrons. The van der Waals surface area contributed by atoms with Crippen LogP contribution in [0.2, 0.25) is 0 Å². The molecule has 0 unspecified atom stereocenters. The quantitative estimate of drug-likeness (QED) is 0.574. The van der Waals surface area contributed by atoms with Crippen molar-refractivity contribution in [3.05, 3.63) is 58.3 Å². The number of allylic oxidation sites excluding steroid dienone is 1. The summed E-state index contributed by atoms with van der Waals surface area (Å²) in [4.78, 5) is 12.5. The molecule has 1 heterocycles. The van der Waals surface area contributed by atoms with Crippen LogP contribution in [-0.2, 0) is 0 Å². The van der Waals surface area contributed by atoms with Crippen LogP contribution in [-0.4, -0.2) is 12.4 Å². The van der Waals surface area contributed by atoms with Crippen LogP contribution < -0.4 is 4.74 Å². The predicted molar refractivity (Wildman–Crippen MR) is 79.9 cm³/mol. The largest absolute Gasteiger partial charge is 0.494 e. The van der Waals surface area contributed by atoms with E-state index in [0.717, 1.165) is 29.2 Å². The molecule has 2 nitrogen and oxygen atoms in total. The van der Waals surface area contributed by atoms with E-state index in [0.29, 0.717) is 0 Å². The molecule has 0 spiro atoms. The smallest absolute Gasteiger partial charge is 0.195 e. The Morgan fingerprint density at radius 1 is 1.26 bits per heavy atom. The van der Waals surface area contributed by atoms with Crippen molar-refractivity contribution in [2.75, 3.05) is 6.61 Å². The van der Waals surface area contributed by atoms with Crippen LogP contribution in [0.25, 0.3) is 6.08 Å². The van der Waals surface area contributed by atoms with Gasteiger partial charge in [-0.1, -0.05) is 31.2 Å². The highest BCUT2D eigenvalue weighted by Gasteiger charge is 2.01. The Balaban J connectivity index is 1.97. The van der Waals surface area contributed by atoms with Crippen molar-refractivity contribution in [2.24, 2.45) is 0 Å². The third kappa shape index (κ3) is 4.07. The molecule has 0 aliphatic carbocycles. The van der Waals surface area contributed by atoms with E-state index in [2.05, 4.69) is 6.92 Å². The molecule has 0 fully saturated rings. The van der Waals surface area contributed by atoms with Gasteiger partial charge in [-0.3, -0.25) is 4.79 Å². The van der Waals surface area contributed by atoms with Crippen molar-refractivity contribution in [1.29, 1.82) is 0 Å². The van der Waals surface area contributed by atoms with Crippen LogP contribution in [0.4, 0.5) is 0 Å². The van der Waals surface area contributed by atoms with Gasteiger partial charge in [-0.2, -0.15) is 0 Å². The SMILES string of the molecule is CCCOc1ccc(/C=C/C(=O)c2cccs2)cc1.